The van der Waals surface area contributed by atoms with E-state index in [1.807, 2.05) is 11.8 Å². The summed E-state index contributed by atoms with van der Waals surface area (Å²) in [6.45, 7) is 2.30. The highest BCUT2D eigenvalue weighted by molar-refractivity contribution is 7.99. The van der Waals surface area contributed by atoms with Crippen LogP contribution in [0.4, 0.5) is 11.4 Å². The molecule has 1 atom stereocenters. The van der Waals surface area contributed by atoms with Gasteiger partial charge < -0.3 is 4.90 Å². The number of allylic oxidation sites excluding steroid dienone is 3. The third-order valence-electron chi connectivity index (χ3n) is 5.44. The molecule has 0 N–H and O–H groups in total. The van der Waals surface area contributed by atoms with Gasteiger partial charge in [0.15, 0.2) is 0 Å². The monoisotopic (exact) mass is 331 g/mol. The van der Waals surface area contributed by atoms with Crippen LogP contribution in [0.15, 0.2) is 81.2 Å². The lowest BCUT2D eigenvalue weighted by Gasteiger charge is -2.36. The second kappa shape index (κ2) is 5.56. The molecule has 1 saturated carbocycles. The minimum atomic E-state index is 0.669. The summed E-state index contributed by atoms with van der Waals surface area (Å²) in [6, 6.07) is 17.7. The number of anilines is 2. The van der Waals surface area contributed by atoms with Crippen LogP contribution in [0.2, 0.25) is 0 Å². The zero-order chi connectivity index (χ0) is 16.1. The van der Waals surface area contributed by atoms with Crippen molar-refractivity contribution in [1.29, 1.82) is 0 Å². The van der Waals surface area contributed by atoms with E-state index in [0.29, 0.717) is 5.92 Å². The molecule has 1 heterocycles. The smallest absolute Gasteiger partial charge is 0.0601 e. The molecule has 5 rings (SSSR count). The van der Waals surface area contributed by atoms with Crippen molar-refractivity contribution in [3.8, 4) is 0 Å². The predicted octanol–water partition coefficient (Wildman–Crippen LogP) is 6.69. The summed E-state index contributed by atoms with van der Waals surface area (Å²) in [5, 5.41) is 0. The van der Waals surface area contributed by atoms with Crippen molar-refractivity contribution in [2.45, 2.75) is 42.4 Å². The Hall–Kier alpha value is -1.93. The number of fused-ring (bicyclic) bond motifs is 3. The Morgan fingerprint density at radius 1 is 0.917 bits per heavy atom. The molecule has 1 nitrogen and oxygen atoms in total. The summed E-state index contributed by atoms with van der Waals surface area (Å²) < 4.78 is 0. The van der Waals surface area contributed by atoms with Gasteiger partial charge in [0.25, 0.3) is 0 Å². The molecule has 24 heavy (non-hydrogen) atoms. The summed E-state index contributed by atoms with van der Waals surface area (Å²) in [5.41, 5.74) is 7.26. The maximum absolute atomic E-state index is 2.54. The first-order valence-electron chi connectivity index (χ1n) is 8.91. The van der Waals surface area contributed by atoms with Crippen molar-refractivity contribution in [3.63, 3.8) is 0 Å². The summed E-state index contributed by atoms with van der Waals surface area (Å²) >= 11 is 1.89. The lowest BCUT2D eigenvalue weighted by molar-refractivity contribution is 0.522. The number of benzene rings is 2. The number of para-hydroxylation sites is 2. The number of hydrogen-bond donors (Lipinski definition) is 0. The van der Waals surface area contributed by atoms with E-state index in [0.717, 1.165) is 0 Å². The van der Waals surface area contributed by atoms with E-state index in [1.165, 1.54) is 58.1 Å². The molecule has 1 aliphatic heterocycles. The van der Waals surface area contributed by atoms with Crippen LogP contribution >= 0.6 is 11.8 Å². The van der Waals surface area contributed by atoms with Gasteiger partial charge in [0.05, 0.1) is 11.4 Å². The van der Waals surface area contributed by atoms with E-state index >= 15 is 0 Å². The third-order valence-corrected chi connectivity index (χ3v) is 6.57. The number of nitrogens with zero attached hydrogens (tertiary/aromatic N) is 1. The van der Waals surface area contributed by atoms with Gasteiger partial charge in [0.1, 0.15) is 0 Å². The average molecular weight is 331 g/mol. The quantitative estimate of drug-likeness (QED) is 0.572. The first-order chi connectivity index (χ1) is 11.8. The molecule has 0 amide bonds. The van der Waals surface area contributed by atoms with Gasteiger partial charge in [0, 0.05) is 21.4 Å². The fourth-order valence-corrected chi connectivity index (χ4v) is 5.47. The molecule has 2 heteroatoms. The van der Waals surface area contributed by atoms with Crippen molar-refractivity contribution in [1.82, 2.24) is 0 Å². The lowest BCUT2D eigenvalue weighted by Crippen LogP contribution is -2.22. The molecule has 0 radical (unpaired) electrons. The predicted molar refractivity (Wildman–Crippen MR) is 102 cm³/mol. The maximum atomic E-state index is 2.54. The standard InChI is InChI=1S/C22H21NS/c1-15-14-16-8-2-3-9-17(16)22(15)23-18-10-4-6-12-20(18)24-21-13-7-5-11-19(21)23/h4-7,10-14,16H,2-3,8-9H2,1H3. The second-order valence-electron chi connectivity index (χ2n) is 6.95. The third kappa shape index (κ3) is 2.09. The van der Waals surface area contributed by atoms with Gasteiger partial charge in [-0.25, -0.2) is 0 Å². The summed E-state index contributed by atoms with van der Waals surface area (Å²) in [5.74, 6) is 0.669. The van der Waals surface area contributed by atoms with Gasteiger partial charge in [-0.05, 0) is 61.6 Å². The zero-order valence-electron chi connectivity index (χ0n) is 14.0. The SMILES string of the molecule is CC1=CC2CCCCC2=C1N1c2ccccc2Sc2ccccc21. The normalized spacial score (nSPS) is 22.0. The molecule has 3 aliphatic rings. The van der Waals surface area contributed by atoms with Crippen LogP contribution in [-0.2, 0) is 0 Å². The molecule has 120 valence electrons. The average Bonchev–Trinajstić information content (AvgIpc) is 2.95. The molecule has 0 saturated heterocycles. The Bertz CT molecular complexity index is 832. The second-order valence-corrected chi connectivity index (χ2v) is 8.03. The molecule has 2 aliphatic carbocycles. The van der Waals surface area contributed by atoms with E-state index in [4.69, 9.17) is 0 Å². The Kier molecular flexibility index (Phi) is 3.34. The van der Waals surface area contributed by atoms with Gasteiger partial charge in [0.2, 0.25) is 0 Å². The van der Waals surface area contributed by atoms with Crippen molar-refractivity contribution < 1.29 is 0 Å². The first-order valence-corrected chi connectivity index (χ1v) is 9.72. The Morgan fingerprint density at radius 3 is 2.29 bits per heavy atom. The molecular weight excluding hydrogens is 310 g/mol. The molecule has 0 bridgehead atoms. The molecule has 0 spiro atoms. The van der Waals surface area contributed by atoms with E-state index in [9.17, 15) is 0 Å². The fourth-order valence-electron chi connectivity index (χ4n) is 4.42. The molecule has 0 aromatic heterocycles. The molecule has 1 unspecified atom stereocenters. The fraction of sp³-hybridized carbons (Fsp3) is 0.273. The van der Waals surface area contributed by atoms with Crippen LogP contribution in [0.25, 0.3) is 0 Å². The number of rotatable bonds is 1. The van der Waals surface area contributed by atoms with Crippen LogP contribution in [0.5, 0.6) is 0 Å². The van der Waals surface area contributed by atoms with Crippen LogP contribution in [0.1, 0.15) is 32.6 Å². The van der Waals surface area contributed by atoms with Crippen LogP contribution in [-0.4, -0.2) is 0 Å². The summed E-state index contributed by atoms with van der Waals surface area (Å²) in [7, 11) is 0. The molecule has 2 aromatic rings. The van der Waals surface area contributed by atoms with E-state index in [2.05, 4.69) is 66.4 Å². The zero-order valence-corrected chi connectivity index (χ0v) is 14.8. The van der Waals surface area contributed by atoms with Crippen LogP contribution in [0.3, 0.4) is 0 Å². The van der Waals surface area contributed by atoms with Crippen LogP contribution < -0.4 is 4.90 Å². The topological polar surface area (TPSA) is 3.24 Å². The minimum absolute atomic E-state index is 0.669. The summed E-state index contributed by atoms with van der Waals surface area (Å²) in [4.78, 5) is 5.25. The van der Waals surface area contributed by atoms with Gasteiger partial charge >= 0.3 is 0 Å². The molecule has 2 aromatic carbocycles. The van der Waals surface area contributed by atoms with Crippen molar-refractivity contribution >= 4 is 23.1 Å². The van der Waals surface area contributed by atoms with Gasteiger partial charge in [-0.1, -0.05) is 48.5 Å². The summed E-state index contributed by atoms with van der Waals surface area (Å²) in [6.07, 6.45) is 7.79. The van der Waals surface area contributed by atoms with E-state index in [-0.39, 0.29) is 0 Å². The van der Waals surface area contributed by atoms with Crippen LogP contribution in [0, 0.1) is 5.92 Å². The maximum Gasteiger partial charge on any atom is 0.0601 e. The minimum Gasteiger partial charge on any atom is -0.308 e. The Labute approximate surface area is 148 Å². The van der Waals surface area contributed by atoms with Gasteiger partial charge in [-0.2, -0.15) is 0 Å². The lowest BCUT2D eigenvalue weighted by atomic mass is 9.86. The largest absolute Gasteiger partial charge is 0.308 e. The highest BCUT2D eigenvalue weighted by Gasteiger charge is 2.34. The van der Waals surface area contributed by atoms with Crippen molar-refractivity contribution in [2.24, 2.45) is 5.92 Å². The highest BCUT2D eigenvalue weighted by Crippen LogP contribution is 2.53. The number of hydrogen-bond acceptors (Lipinski definition) is 2. The van der Waals surface area contributed by atoms with E-state index < -0.39 is 0 Å². The highest BCUT2D eigenvalue weighted by atomic mass is 32.2. The molecule has 1 fully saturated rings. The Balaban J connectivity index is 1.75. The first kappa shape index (κ1) is 14.4. The van der Waals surface area contributed by atoms with Gasteiger partial charge in [-0.15, -0.1) is 0 Å². The van der Waals surface area contributed by atoms with Gasteiger partial charge in [-0.3, -0.25) is 0 Å². The van der Waals surface area contributed by atoms with E-state index in [1.54, 1.807) is 5.57 Å². The van der Waals surface area contributed by atoms with Crippen molar-refractivity contribution in [3.05, 3.63) is 71.5 Å². The van der Waals surface area contributed by atoms with Crippen molar-refractivity contribution in [2.75, 3.05) is 4.90 Å². The Morgan fingerprint density at radius 2 is 1.58 bits per heavy atom. The molecular formula is C22H21NS.